The summed E-state index contributed by atoms with van der Waals surface area (Å²) >= 11 is 0. The van der Waals surface area contributed by atoms with E-state index in [1.54, 1.807) is 23.8 Å². The van der Waals surface area contributed by atoms with E-state index >= 15 is 4.39 Å². The molecule has 0 radical (unpaired) electrons. The molecule has 2 aromatic heterocycles. The predicted molar refractivity (Wildman–Crippen MR) is 136 cm³/mol. The number of rotatable bonds is 5. The Morgan fingerprint density at radius 3 is 2.47 bits per heavy atom. The number of halogens is 1. The van der Waals surface area contributed by atoms with Gasteiger partial charge in [-0.3, -0.25) is 14.2 Å². The van der Waals surface area contributed by atoms with Crippen molar-refractivity contribution in [3.05, 3.63) is 51.7 Å². The molecule has 3 aliphatic carbocycles. The lowest BCUT2D eigenvalue weighted by Crippen LogP contribution is -2.71. The molecule has 3 aromatic rings. The Morgan fingerprint density at radius 1 is 1.17 bits per heavy atom. The van der Waals surface area contributed by atoms with Gasteiger partial charge in [-0.2, -0.15) is 4.98 Å². The number of carbonyl (C=O) groups is 1. The van der Waals surface area contributed by atoms with Crippen LogP contribution in [0.3, 0.4) is 0 Å². The molecule has 1 spiro atoms. The van der Waals surface area contributed by atoms with Crippen molar-refractivity contribution in [3.8, 4) is 0 Å². The molecular formula is C27H29FN6O2. The summed E-state index contributed by atoms with van der Waals surface area (Å²) in [7, 11) is 2.11. The summed E-state index contributed by atoms with van der Waals surface area (Å²) in [5, 5.41) is 3.82. The van der Waals surface area contributed by atoms with E-state index in [1.807, 2.05) is 6.07 Å². The van der Waals surface area contributed by atoms with Gasteiger partial charge in [0.1, 0.15) is 11.5 Å². The first-order valence-corrected chi connectivity index (χ1v) is 12.6. The summed E-state index contributed by atoms with van der Waals surface area (Å²) in [6.07, 6.45) is 4.48. The highest BCUT2D eigenvalue weighted by atomic mass is 19.1. The second-order valence-corrected chi connectivity index (χ2v) is 11.6. The highest BCUT2D eigenvalue weighted by Gasteiger charge is 2.59. The van der Waals surface area contributed by atoms with Crippen molar-refractivity contribution in [2.45, 2.75) is 38.6 Å². The molecule has 1 aromatic carbocycles. The van der Waals surface area contributed by atoms with Crippen LogP contribution in [0, 0.1) is 24.1 Å². The van der Waals surface area contributed by atoms with Gasteiger partial charge in [0, 0.05) is 48.9 Å². The third kappa shape index (κ3) is 2.95. The molecule has 1 N–H and O–H groups in total. The van der Waals surface area contributed by atoms with Gasteiger partial charge in [0.2, 0.25) is 5.95 Å². The van der Waals surface area contributed by atoms with E-state index in [9.17, 15) is 9.59 Å². The highest BCUT2D eigenvalue weighted by molar-refractivity contribution is 5.99. The summed E-state index contributed by atoms with van der Waals surface area (Å²) in [6, 6.07) is 5.11. The van der Waals surface area contributed by atoms with Gasteiger partial charge >= 0.3 is 0 Å². The smallest absolute Gasteiger partial charge is 0.263 e. The molecule has 0 unspecified atom stereocenters. The van der Waals surface area contributed by atoms with Crippen LogP contribution in [0.5, 0.6) is 0 Å². The Hall–Kier alpha value is -3.33. The lowest BCUT2D eigenvalue weighted by Gasteiger charge is -2.62. The first-order valence-electron chi connectivity index (χ1n) is 12.6. The maximum Gasteiger partial charge on any atom is 0.263 e. The van der Waals surface area contributed by atoms with Gasteiger partial charge in [-0.25, -0.2) is 9.37 Å². The molecule has 4 heterocycles. The molecule has 5 fully saturated rings. The normalized spacial score (nSPS) is 25.7. The average Bonchev–Trinajstić information content (AvgIpc) is 2.70. The third-order valence-electron chi connectivity index (χ3n) is 8.82. The van der Waals surface area contributed by atoms with Crippen LogP contribution in [0.15, 0.2) is 29.2 Å². The van der Waals surface area contributed by atoms with Crippen molar-refractivity contribution in [2.75, 3.05) is 43.4 Å². The Balaban J connectivity index is 1.21. The molecule has 0 atom stereocenters. The van der Waals surface area contributed by atoms with Crippen LogP contribution in [0.2, 0.25) is 0 Å². The SMILES string of the molecule is CC(=O)c1c(C)c2cnc(Nc3ccc(N4CC5(CN(C)C5)C4)c(F)c3)nc2n(C23CC(C2)C3)c1=O. The highest BCUT2D eigenvalue weighted by Crippen LogP contribution is 2.62. The van der Waals surface area contributed by atoms with E-state index in [4.69, 9.17) is 4.98 Å². The fraction of sp³-hybridized carbons (Fsp3) is 0.481. The number of hydrogen-bond acceptors (Lipinski definition) is 7. The number of nitrogens with zero attached hydrogens (tertiary/aromatic N) is 5. The molecule has 36 heavy (non-hydrogen) atoms. The van der Waals surface area contributed by atoms with Gasteiger partial charge in [-0.15, -0.1) is 0 Å². The fourth-order valence-corrected chi connectivity index (χ4v) is 7.14. The fourth-order valence-electron chi connectivity index (χ4n) is 7.14. The van der Waals surface area contributed by atoms with Crippen molar-refractivity contribution in [3.63, 3.8) is 0 Å². The predicted octanol–water partition coefficient (Wildman–Crippen LogP) is 3.45. The Morgan fingerprint density at radius 2 is 1.89 bits per heavy atom. The molecule has 8 rings (SSSR count). The number of ketones is 1. The summed E-state index contributed by atoms with van der Waals surface area (Å²) in [5.41, 5.74) is 2.33. The first-order chi connectivity index (χ1) is 17.2. The molecule has 186 valence electrons. The van der Waals surface area contributed by atoms with E-state index in [0.29, 0.717) is 45.3 Å². The Kier molecular flexibility index (Phi) is 4.34. The zero-order chi connectivity index (χ0) is 25.0. The first kappa shape index (κ1) is 21.9. The summed E-state index contributed by atoms with van der Waals surface area (Å²) in [5.74, 6) is 0.428. The summed E-state index contributed by atoms with van der Waals surface area (Å²) in [4.78, 5) is 39.3. The van der Waals surface area contributed by atoms with Crippen molar-refractivity contribution in [1.82, 2.24) is 19.4 Å². The minimum Gasteiger partial charge on any atom is -0.368 e. The molecular weight excluding hydrogens is 459 g/mol. The average molecular weight is 489 g/mol. The van der Waals surface area contributed by atoms with E-state index < -0.39 is 0 Å². The number of carbonyl (C=O) groups excluding carboxylic acids is 1. The lowest BCUT2D eigenvalue weighted by molar-refractivity contribution is -0.0884. The largest absolute Gasteiger partial charge is 0.368 e. The quantitative estimate of drug-likeness (QED) is 0.551. The molecule has 2 aliphatic heterocycles. The molecule has 2 saturated heterocycles. The van der Waals surface area contributed by atoms with E-state index in [2.05, 4.69) is 27.1 Å². The second-order valence-electron chi connectivity index (χ2n) is 11.6. The Bertz CT molecular complexity index is 1500. The molecule has 9 heteroatoms. The number of benzene rings is 1. The number of anilines is 3. The van der Waals surface area contributed by atoms with Crippen molar-refractivity contribution >= 4 is 34.1 Å². The maximum absolute atomic E-state index is 15.0. The minimum absolute atomic E-state index is 0.218. The zero-order valence-corrected chi connectivity index (χ0v) is 20.8. The molecule has 8 nitrogen and oxygen atoms in total. The van der Waals surface area contributed by atoms with Gasteiger partial charge in [-0.05, 0) is 69.8 Å². The number of aromatic nitrogens is 3. The number of aryl methyl sites for hydroxylation is 1. The van der Waals surface area contributed by atoms with Gasteiger partial charge in [0.25, 0.3) is 5.56 Å². The van der Waals surface area contributed by atoms with Crippen LogP contribution in [0.25, 0.3) is 11.0 Å². The topological polar surface area (TPSA) is 83.4 Å². The lowest BCUT2D eigenvalue weighted by atomic mass is 9.49. The van der Waals surface area contributed by atoms with Gasteiger partial charge in [0.15, 0.2) is 5.78 Å². The molecule has 2 bridgehead atoms. The molecule has 3 saturated carbocycles. The summed E-state index contributed by atoms with van der Waals surface area (Å²) in [6.45, 7) is 7.13. The monoisotopic (exact) mass is 488 g/mol. The van der Waals surface area contributed by atoms with Crippen molar-refractivity contribution in [2.24, 2.45) is 11.3 Å². The van der Waals surface area contributed by atoms with Gasteiger partial charge in [0.05, 0.1) is 16.8 Å². The van der Waals surface area contributed by atoms with E-state index in [1.165, 1.54) is 13.0 Å². The molecule has 0 amide bonds. The van der Waals surface area contributed by atoms with Crippen LogP contribution >= 0.6 is 0 Å². The number of hydrogen-bond donors (Lipinski definition) is 1. The number of likely N-dealkylation sites (tertiary alicyclic amines) is 1. The van der Waals surface area contributed by atoms with Crippen LogP contribution in [0.4, 0.5) is 21.7 Å². The van der Waals surface area contributed by atoms with E-state index in [0.717, 1.165) is 45.4 Å². The third-order valence-corrected chi connectivity index (χ3v) is 8.82. The van der Waals surface area contributed by atoms with Crippen molar-refractivity contribution in [1.29, 1.82) is 0 Å². The van der Waals surface area contributed by atoms with E-state index in [-0.39, 0.29) is 28.3 Å². The number of pyridine rings is 1. The van der Waals surface area contributed by atoms with Crippen LogP contribution in [0.1, 0.15) is 42.1 Å². The maximum atomic E-state index is 15.0. The van der Waals surface area contributed by atoms with Crippen LogP contribution in [-0.2, 0) is 5.54 Å². The zero-order valence-electron chi connectivity index (χ0n) is 20.8. The number of fused-ring (bicyclic) bond motifs is 1. The van der Waals surface area contributed by atoms with Crippen LogP contribution < -0.4 is 15.8 Å². The summed E-state index contributed by atoms with van der Waals surface area (Å²) < 4.78 is 16.8. The minimum atomic E-state index is -0.281. The second kappa shape index (κ2) is 7.12. The van der Waals surface area contributed by atoms with Gasteiger partial charge in [-0.1, -0.05) is 0 Å². The van der Waals surface area contributed by atoms with Gasteiger partial charge < -0.3 is 15.1 Å². The number of nitrogens with one attached hydrogen (secondary N) is 1. The number of Topliss-reactive ketones (excluding diaryl/α,β-unsaturated/α-hetero) is 1. The standard InChI is InChI=1S/C27H29FN6O2/c1-15-19-10-29-25(31-23(19)34(24(36)22(15)16(2)35)27-7-17(8-27)9-27)30-18-4-5-21(20(28)6-18)33-13-26(14-33)11-32(3)12-26/h4-6,10,17H,7-9,11-14H2,1-3H3,(H,29,30,31). The van der Waals surface area contributed by atoms with Crippen LogP contribution in [-0.4, -0.2) is 58.4 Å². The Labute approximate surface area is 208 Å². The van der Waals surface area contributed by atoms with Crippen molar-refractivity contribution < 1.29 is 9.18 Å². The molecule has 5 aliphatic rings.